The van der Waals surface area contributed by atoms with Gasteiger partial charge in [0.2, 0.25) is 11.8 Å². The van der Waals surface area contributed by atoms with E-state index in [0.29, 0.717) is 17.3 Å². The summed E-state index contributed by atoms with van der Waals surface area (Å²) in [5, 5.41) is 3.18. The average molecular weight is 651 g/mol. The molecule has 0 aliphatic heterocycles. The predicted octanol–water partition coefficient (Wildman–Crippen LogP) is 5.50. The smallest absolute Gasteiger partial charge is 0.264 e. The fraction of sp³-hybridized carbons (Fsp3) is 0.310. The Morgan fingerprint density at radius 3 is 2.27 bits per heavy atom. The van der Waals surface area contributed by atoms with Gasteiger partial charge < -0.3 is 15.0 Å². The third-order valence-corrected chi connectivity index (χ3v) is 8.63. The number of carbonyl (C=O) groups excluding carboxylic acids is 2. The van der Waals surface area contributed by atoms with Crippen molar-refractivity contribution in [3.05, 3.63) is 87.9 Å². The fourth-order valence-electron chi connectivity index (χ4n) is 3.90. The Bertz CT molecular complexity index is 1430. The highest BCUT2D eigenvalue weighted by Gasteiger charge is 2.32. The number of amides is 2. The van der Waals surface area contributed by atoms with E-state index < -0.39 is 28.5 Å². The highest BCUT2D eigenvalue weighted by Crippen LogP contribution is 2.28. The lowest BCUT2D eigenvalue weighted by atomic mass is 10.1. The second-order valence-corrected chi connectivity index (χ2v) is 12.8. The van der Waals surface area contributed by atoms with Gasteiger partial charge in [-0.15, -0.1) is 0 Å². The zero-order valence-corrected chi connectivity index (χ0v) is 26.0. The molecule has 8 nitrogen and oxygen atoms in total. The van der Waals surface area contributed by atoms with E-state index in [4.69, 9.17) is 16.3 Å². The van der Waals surface area contributed by atoms with Crippen LogP contribution in [0.25, 0.3) is 0 Å². The fourth-order valence-corrected chi connectivity index (χ4v) is 5.94. The molecule has 0 aromatic heterocycles. The van der Waals surface area contributed by atoms with Crippen LogP contribution in [0.4, 0.5) is 5.69 Å². The van der Waals surface area contributed by atoms with Crippen LogP contribution in [0.2, 0.25) is 5.02 Å². The van der Waals surface area contributed by atoms with E-state index >= 15 is 0 Å². The Labute approximate surface area is 249 Å². The molecule has 0 saturated carbocycles. The van der Waals surface area contributed by atoms with Crippen LogP contribution in [0.3, 0.4) is 0 Å². The predicted molar refractivity (Wildman–Crippen MR) is 161 cm³/mol. The minimum absolute atomic E-state index is 0.0256. The van der Waals surface area contributed by atoms with Gasteiger partial charge in [-0.05, 0) is 73.0 Å². The van der Waals surface area contributed by atoms with Crippen molar-refractivity contribution in [1.29, 1.82) is 0 Å². The molecular weight excluding hydrogens is 618 g/mol. The number of halogens is 2. The first-order valence-corrected chi connectivity index (χ1v) is 15.3. The van der Waals surface area contributed by atoms with Crippen molar-refractivity contribution in [3.63, 3.8) is 0 Å². The third kappa shape index (κ3) is 8.22. The van der Waals surface area contributed by atoms with Crippen LogP contribution in [-0.4, -0.2) is 51.4 Å². The van der Waals surface area contributed by atoms with Gasteiger partial charge in [-0.1, -0.05) is 59.6 Å². The molecule has 3 rings (SSSR count). The highest BCUT2D eigenvalue weighted by molar-refractivity contribution is 9.10. The molecule has 0 bridgehead atoms. The number of ether oxygens (including phenoxy) is 1. The Morgan fingerprint density at radius 1 is 1.00 bits per heavy atom. The summed E-state index contributed by atoms with van der Waals surface area (Å²) in [6.07, 6.45) is 0. The summed E-state index contributed by atoms with van der Waals surface area (Å²) in [5.74, 6) is -0.169. The van der Waals surface area contributed by atoms with Crippen LogP contribution >= 0.6 is 27.5 Å². The second-order valence-electron chi connectivity index (χ2n) is 9.63. The molecule has 0 aliphatic rings. The van der Waals surface area contributed by atoms with Gasteiger partial charge in [0.05, 0.1) is 17.7 Å². The minimum Gasteiger partial charge on any atom is -0.497 e. The highest BCUT2D eigenvalue weighted by atomic mass is 79.9. The van der Waals surface area contributed by atoms with Gasteiger partial charge in [0.1, 0.15) is 18.3 Å². The Kier molecular flexibility index (Phi) is 11.0. The number of sulfonamides is 1. The number of hydrogen-bond acceptors (Lipinski definition) is 5. The molecule has 11 heteroatoms. The Morgan fingerprint density at radius 2 is 1.68 bits per heavy atom. The molecule has 3 aromatic carbocycles. The van der Waals surface area contributed by atoms with Gasteiger partial charge in [-0.25, -0.2) is 8.42 Å². The lowest BCUT2D eigenvalue weighted by Gasteiger charge is -2.32. The number of hydrogen-bond donors (Lipinski definition) is 1. The summed E-state index contributed by atoms with van der Waals surface area (Å²) in [6, 6.07) is 18.7. The largest absolute Gasteiger partial charge is 0.497 e. The molecule has 40 heavy (non-hydrogen) atoms. The topological polar surface area (TPSA) is 96.0 Å². The zero-order chi connectivity index (χ0) is 29.4. The van der Waals surface area contributed by atoms with Crippen molar-refractivity contribution in [3.8, 4) is 5.75 Å². The number of rotatable bonds is 12. The molecule has 214 valence electrons. The molecule has 0 unspecified atom stereocenters. The molecule has 1 atom stereocenters. The quantitative estimate of drug-likeness (QED) is 0.280. The van der Waals surface area contributed by atoms with Crippen LogP contribution in [0.1, 0.15) is 26.3 Å². The van der Waals surface area contributed by atoms with E-state index in [1.54, 1.807) is 25.1 Å². The number of benzene rings is 3. The molecule has 1 N–H and O–H groups in total. The van der Waals surface area contributed by atoms with Crippen LogP contribution in [0.15, 0.2) is 82.2 Å². The van der Waals surface area contributed by atoms with Crippen molar-refractivity contribution in [1.82, 2.24) is 10.2 Å². The van der Waals surface area contributed by atoms with Crippen molar-refractivity contribution < 1.29 is 22.7 Å². The van der Waals surface area contributed by atoms with Crippen molar-refractivity contribution in [2.75, 3.05) is 24.5 Å². The van der Waals surface area contributed by atoms with Crippen LogP contribution < -0.4 is 14.4 Å². The first-order chi connectivity index (χ1) is 18.9. The standard InChI is InChI=1S/C29H33BrClN3O5S/c1-20(2)17-32-29(36)21(3)33(18-22-7-5-8-23(30)15-22)28(35)19-34(25-10-6-9-24(31)16-25)40(37,38)27-13-11-26(39-4)12-14-27/h5-16,20-21H,17-19H2,1-4H3,(H,32,36)/t21-/m0/s1. The monoisotopic (exact) mass is 649 g/mol. The van der Waals surface area contributed by atoms with Gasteiger partial charge in [0.15, 0.2) is 0 Å². The molecule has 2 amide bonds. The van der Waals surface area contributed by atoms with E-state index in [-0.39, 0.29) is 29.0 Å². The molecule has 0 heterocycles. The van der Waals surface area contributed by atoms with E-state index in [1.807, 2.05) is 38.1 Å². The molecule has 0 spiro atoms. The number of carbonyl (C=O) groups is 2. The lowest BCUT2D eigenvalue weighted by molar-refractivity contribution is -0.139. The van der Waals surface area contributed by atoms with Crippen molar-refractivity contribution in [2.45, 2.75) is 38.3 Å². The van der Waals surface area contributed by atoms with Crippen LogP contribution in [0, 0.1) is 5.92 Å². The SMILES string of the molecule is COc1ccc(S(=O)(=O)N(CC(=O)N(Cc2cccc(Br)c2)[C@@H](C)C(=O)NCC(C)C)c2cccc(Cl)c2)cc1. The van der Waals surface area contributed by atoms with E-state index in [2.05, 4.69) is 21.2 Å². The Balaban J connectivity index is 2.02. The molecule has 3 aromatic rings. The van der Waals surface area contributed by atoms with E-state index in [9.17, 15) is 18.0 Å². The second kappa shape index (κ2) is 14.0. The van der Waals surface area contributed by atoms with Gasteiger partial charge in [0, 0.05) is 22.6 Å². The summed E-state index contributed by atoms with van der Waals surface area (Å²) < 4.78 is 34.7. The van der Waals surface area contributed by atoms with E-state index in [0.717, 1.165) is 14.3 Å². The first-order valence-electron chi connectivity index (χ1n) is 12.7. The first kappa shape index (κ1) is 31.4. The average Bonchev–Trinajstić information content (AvgIpc) is 2.92. The van der Waals surface area contributed by atoms with Crippen molar-refractivity contribution >= 4 is 55.1 Å². The van der Waals surface area contributed by atoms with Gasteiger partial charge in [-0.3, -0.25) is 13.9 Å². The number of methoxy groups -OCH3 is 1. The molecule has 0 saturated heterocycles. The molecular formula is C29H33BrClN3O5S. The van der Waals surface area contributed by atoms with Crippen LogP contribution in [0.5, 0.6) is 5.75 Å². The van der Waals surface area contributed by atoms with E-state index in [1.165, 1.54) is 42.3 Å². The number of anilines is 1. The molecule has 0 radical (unpaired) electrons. The maximum Gasteiger partial charge on any atom is 0.264 e. The minimum atomic E-state index is -4.21. The van der Waals surface area contributed by atoms with Gasteiger partial charge in [-0.2, -0.15) is 0 Å². The normalized spacial score (nSPS) is 12.1. The third-order valence-electron chi connectivity index (χ3n) is 6.12. The lowest BCUT2D eigenvalue weighted by Crippen LogP contribution is -2.51. The molecule has 0 aliphatic carbocycles. The maximum atomic E-state index is 13.9. The number of nitrogens with zero attached hydrogens (tertiary/aromatic N) is 2. The van der Waals surface area contributed by atoms with Crippen LogP contribution in [-0.2, 0) is 26.2 Å². The maximum absolute atomic E-state index is 13.9. The molecule has 0 fully saturated rings. The summed E-state index contributed by atoms with van der Waals surface area (Å²) >= 11 is 9.65. The number of nitrogens with one attached hydrogen (secondary N) is 1. The zero-order valence-electron chi connectivity index (χ0n) is 22.8. The Hall–Kier alpha value is -3.08. The summed E-state index contributed by atoms with van der Waals surface area (Å²) in [5.41, 5.74) is 0.995. The summed E-state index contributed by atoms with van der Waals surface area (Å²) in [4.78, 5) is 28.4. The van der Waals surface area contributed by atoms with Crippen molar-refractivity contribution in [2.24, 2.45) is 5.92 Å². The van der Waals surface area contributed by atoms with Gasteiger partial charge >= 0.3 is 0 Å². The summed E-state index contributed by atoms with van der Waals surface area (Å²) in [6.45, 7) is 5.57. The summed E-state index contributed by atoms with van der Waals surface area (Å²) in [7, 11) is -2.72. The van der Waals surface area contributed by atoms with Gasteiger partial charge in [0.25, 0.3) is 10.0 Å².